The van der Waals surface area contributed by atoms with Gasteiger partial charge in [0.25, 0.3) is 0 Å². The minimum Gasteiger partial charge on any atom is -0.506 e. The third-order valence-corrected chi connectivity index (χ3v) is 2.12. The Balaban J connectivity index is 3.37. The van der Waals surface area contributed by atoms with Crippen molar-refractivity contribution in [3.05, 3.63) is 27.7 Å². The van der Waals surface area contributed by atoms with E-state index < -0.39 is 0 Å². The van der Waals surface area contributed by atoms with E-state index in [4.69, 9.17) is 29.0 Å². The van der Waals surface area contributed by atoms with Crippen LogP contribution < -0.4 is 5.84 Å². The topological polar surface area (TPSA) is 58.6 Å². The Labute approximate surface area is 85.8 Å². The van der Waals surface area contributed by atoms with Crippen LogP contribution in [0.15, 0.2) is 17.2 Å². The number of phenolic OH excluding ortho intramolecular Hbond substituents is 1. The Kier molecular flexibility index (Phi) is 3.01. The van der Waals surface area contributed by atoms with Gasteiger partial charge in [0.15, 0.2) is 0 Å². The predicted octanol–water partition coefficient (Wildman–Crippen LogP) is 2.38. The van der Waals surface area contributed by atoms with Crippen molar-refractivity contribution < 1.29 is 5.11 Å². The fraction of sp³-hybridized carbons (Fsp3) is 0.125. The van der Waals surface area contributed by atoms with Gasteiger partial charge in [-0.25, -0.2) is 0 Å². The minimum absolute atomic E-state index is 0.0576. The first-order valence-electron chi connectivity index (χ1n) is 3.49. The van der Waals surface area contributed by atoms with Gasteiger partial charge in [-0.15, -0.1) is 0 Å². The SMILES string of the molecule is C/C(=N\N)c1cc(Cl)cc(Cl)c1O. The van der Waals surface area contributed by atoms with Gasteiger partial charge in [-0.2, -0.15) is 5.10 Å². The minimum atomic E-state index is -0.0576. The second kappa shape index (κ2) is 3.85. The molecule has 0 aliphatic heterocycles. The molecule has 0 heterocycles. The Morgan fingerprint density at radius 2 is 2.08 bits per heavy atom. The smallest absolute Gasteiger partial charge is 0.143 e. The summed E-state index contributed by atoms with van der Waals surface area (Å²) in [5, 5.41) is 13.6. The second-order valence-electron chi connectivity index (χ2n) is 2.50. The van der Waals surface area contributed by atoms with E-state index in [1.165, 1.54) is 6.07 Å². The van der Waals surface area contributed by atoms with Crippen molar-refractivity contribution >= 4 is 28.9 Å². The second-order valence-corrected chi connectivity index (χ2v) is 3.34. The molecule has 0 saturated heterocycles. The highest BCUT2D eigenvalue weighted by molar-refractivity contribution is 6.36. The summed E-state index contributed by atoms with van der Waals surface area (Å²) in [5.74, 6) is 5.01. The summed E-state index contributed by atoms with van der Waals surface area (Å²) in [4.78, 5) is 0. The van der Waals surface area contributed by atoms with Crippen LogP contribution >= 0.6 is 23.2 Å². The molecule has 0 bridgehead atoms. The van der Waals surface area contributed by atoms with Crippen molar-refractivity contribution in [2.45, 2.75) is 6.92 Å². The summed E-state index contributed by atoms with van der Waals surface area (Å²) in [5.41, 5.74) is 0.918. The van der Waals surface area contributed by atoms with Crippen LogP contribution in [-0.4, -0.2) is 10.8 Å². The third-order valence-electron chi connectivity index (χ3n) is 1.61. The van der Waals surface area contributed by atoms with Gasteiger partial charge in [0.1, 0.15) is 5.75 Å². The first-order chi connectivity index (χ1) is 6.06. The number of phenols is 1. The summed E-state index contributed by atoms with van der Waals surface area (Å²) < 4.78 is 0. The van der Waals surface area contributed by atoms with Crippen molar-refractivity contribution in [1.82, 2.24) is 0 Å². The lowest BCUT2D eigenvalue weighted by molar-refractivity contribution is 0.474. The standard InChI is InChI=1S/C8H8Cl2N2O/c1-4(12-11)6-2-5(9)3-7(10)8(6)13/h2-3,13H,11H2,1H3/b12-4+. The quantitative estimate of drug-likeness (QED) is 0.432. The predicted molar refractivity (Wildman–Crippen MR) is 54.5 cm³/mol. The molecule has 3 N–H and O–H groups in total. The van der Waals surface area contributed by atoms with Crippen LogP contribution in [0.3, 0.4) is 0 Å². The molecule has 0 saturated carbocycles. The highest BCUT2D eigenvalue weighted by Crippen LogP contribution is 2.31. The van der Waals surface area contributed by atoms with E-state index in [0.29, 0.717) is 16.3 Å². The van der Waals surface area contributed by atoms with Crippen LogP contribution in [0, 0.1) is 0 Å². The largest absolute Gasteiger partial charge is 0.506 e. The molecule has 0 spiro atoms. The molecule has 1 aromatic rings. The monoisotopic (exact) mass is 218 g/mol. The van der Waals surface area contributed by atoms with E-state index in [9.17, 15) is 5.11 Å². The van der Waals surface area contributed by atoms with E-state index in [-0.39, 0.29) is 10.8 Å². The lowest BCUT2D eigenvalue weighted by Crippen LogP contribution is -1.99. The van der Waals surface area contributed by atoms with Gasteiger partial charge in [0.05, 0.1) is 10.7 Å². The molecule has 0 amide bonds. The van der Waals surface area contributed by atoms with Crippen LogP contribution in [-0.2, 0) is 0 Å². The summed E-state index contributed by atoms with van der Waals surface area (Å²) >= 11 is 11.4. The van der Waals surface area contributed by atoms with Crippen LogP contribution in [0.1, 0.15) is 12.5 Å². The lowest BCUT2D eigenvalue weighted by Gasteiger charge is -2.05. The van der Waals surface area contributed by atoms with Gasteiger partial charge >= 0.3 is 0 Å². The number of nitrogens with zero attached hydrogens (tertiary/aromatic N) is 1. The first-order valence-corrected chi connectivity index (χ1v) is 4.24. The summed E-state index contributed by atoms with van der Waals surface area (Å²) in [6, 6.07) is 3.00. The molecule has 3 nitrogen and oxygen atoms in total. The number of hydrogen-bond donors (Lipinski definition) is 2. The lowest BCUT2D eigenvalue weighted by atomic mass is 10.1. The molecule has 0 aliphatic rings. The maximum atomic E-state index is 9.50. The number of rotatable bonds is 1. The number of aromatic hydroxyl groups is 1. The van der Waals surface area contributed by atoms with E-state index in [1.807, 2.05) is 0 Å². The zero-order valence-corrected chi connectivity index (χ0v) is 8.39. The molecule has 0 aliphatic carbocycles. The maximum Gasteiger partial charge on any atom is 0.143 e. The molecule has 0 atom stereocenters. The first kappa shape index (κ1) is 10.2. The van der Waals surface area contributed by atoms with E-state index >= 15 is 0 Å². The summed E-state index contributed by atoms with van der Waals surface area (Å²) in [6.45, 7) is 1.65. The number of benzene rings is 1. The average Bonchev–Trinajstić information content (AvgIpc) is 2.10. The number of hydrogen-bond acceptors (Lipinski definition) is 3. The van der Waals surface area contributed by atoms with Gasteiger partial charge < -0.3 is 10.9 Å². The molecule has 0 aromatic heterocycles. The van der Waals surface area contributed by atoms with Crippen molar-refractivity contribution in [1.29, 1.82) is 0 Å². The fourth-order valence-electron chi connectivity index (χ4n) is 0.911. The van der Waals surface area contributed by atoms with Crippen molar-refractivity contribution in [3.63, 3.8) is 0 Å². The van der Waals surface area contributed by atoms with Crippen molar-refractivity contribution in [3.8, 4) is 5.75 Å². The van der Waals surface area contributed by atoms with Gasteiger partial charge in [-0.3, -0.25) is 0 Å². The zero-order chi connectivity index (χ0) is 10.0. The third kappa shape index (κ3) is 2.05. The number of nitrogens with two attached hydrogens (primary N) is 1. The fourth-order valence-corrected chi connectivity index (χ4v) is 1.40. The van der Waals surface area contributed by atoms with Crippen LogP contribution in [0.5, 0.6) is 5.75 Å². The number of hydrazone groups is 1. The summed E-state index contributed by atoms with van der Waals surface area (Å²) in [7, 11) is 0. The Bertz CT molecular complexity index is 363. The van der Waals surface area contributed by atoms with Gasteiger partial charge in [-0.1, -0.05) is 23.2 Å². The van der Waals surface area contributed by atoms with Crippen LogP contribution in [0.25, 0.3) is 0 Å². The highest BCUT2D eigenvalue weighted by atomic mass is 35.5. The molecule has 13 heavy (non-hydrogen) atoms. The molecule has 5 heteroatoms. The van der Waals surface area contributed by atoms with Crippen LogP contribution in [0.2, 0.25) is 10.0 Å². The van der Waals surface area contributed by atoms with E-state index in [1.54, 1.807) is 13.0 Å². The molecule has 0 unspecified atom stereocenters. The molecule has 0 radical (unpaired) electrons. The molecule has 70 valence electrons. The number of halogens is 2. The van der Waals surface area contributed by atoms with Gasteiger partial charge in [0.2, 0.25) is 0 Å². The maximum absolute atomic E-state index is 9.50. The van der Waals surface area contributed by atoms with Gasteiger partial charge in [0, 0.05) is 10.6 Å². The normalized spacial score (nSPS) is 11.8. The Hall–Kier alpha value is -0.930. The molecular formula is C8H8Cl2N2O. The zero-order valence-electron chi connectivity index (χ0n) is 6.88. The van der Waals surface area contributed by atoms with Crippen molar-refractivity contribution in [2.24, 2.45) is 10.9 Å². The Morgan fingerprint density at radius 1 is 1.46 bits per heavy atom. The van der Waals surface area contributed by atoms with Gasteiger partial charge in [-0.05, 0) is 19.1 Å². The van der Waals surface area contributed by atoms with Crippen LogP contribution in [0.4, 0.5) is 0 Å². The molecule has 1 rings (SSSR count). The molecule has 1 aromatic carbocycles. The average molecular weight is 219 g/mol. The molecular weight excluding hydrogens is 211 g/mol. The van der Waals surface area contributed by atoms with E-state index in [0.717, 1.165) is 0 Å². The van der Waals surface area contributed by atoms with Crippen molar-refractivity contribution in [2.75, 3.05) is 0 Å². The Morgan fingerprint density at radius 3 is 2.62 bits per heavy atom. The highest BCUT2D eigenvalue weighted by Gasteiger charge is 2.09. The molecule has 0 fully saturated rings. The summed E-state index contributed by atoms with van der Waals surface area (Å²) in [6.07, 6.45) is 0. The van der Waals surface area contributed by atoms with E-state index in [2.05, 4.69) is 5.10 Å².